The Balaban J connectivity index is 1.69. The number of methoxy groups -OCH3 is 1. The number of nitrogens with one attached hydrogen (secondary N) is 1. The molecule has 0 aromatic heterocycles. The van der Waals surface area contributed by atoms with Gasteiger partial charge in [0, 0.05) is 32.2 Å². The lowest BCUT2D eigenvalue weighted by atomic mass is 10.2. The molecule has 2 rings (SSSR count). The maximum absolute atomic E-state index is 5.78. The van der Waals surface area contributed by atoms with Gasteiger partial charge in [0.15, 0.2) is 11.5 Å². The van der Waals surface area contributed by atoms with Crippen molar-refractivity contribution in [3.8, 4) is 11.5 Å². The number of para-hydroxylation sites is 2. The van der Waals surface area contributed by atoms with E-state index >= 15 is 0 Å². The monoisotopic (exact) mass is 264 g/mol. The van der Waals surface area contributed by atoms with E-state index in [1.54, 1.807) is 7.11 Å². The van der Waals surface area contributed by atoms with Crippen LogP contribution in [-0.4, -0.2) is 50.8 Å². The molecule has 1 aromatic carbocycles. The van der Waals surface area contributed by atoms with Crippen LogP contribution in [0, 0.1) is 0 Å². The molecule has 0 saturated carbocycles. The zero-order chi connectivity index (χ0) is 13.5. The maximum Gasteiger partial charge on any atom is 0.161 e. The molecule has 1 aliphatic heterocycles. The molecule has 0 radical (unpaired) electrons. The molecular formula is C15H24N2O2. The molecule has 0 bridgehead atoms. The van der Waals surface area contributed by atoms with Crippen LogP contribution in [0.15, 0.2) is 24.3 Å². The number of piperazine rings is 1. The molecule has 19 heavy (non-hydrogen) atoms. The van der Waals surface area contributed by atoms with Crippen molar-refractivity contribution in [1.29, 1.82) is 0 Å². The highest BCUT2D eigenvalue weighted by atomic mass is 16.5. The van der Waals surface area contributed by atoms with Crippen LogP contribution in [0.25, 0.3) is 0 Å². The Morgan fingerprint density at radius 2 is 2.11 bits per heavy atom. The minimum Gasteiger partial charge on any atom is -0.493 e. The predicted octanol–water partition coefficient (Wildman–Crippen LogP) is 1.76. The summed E-state index contributed by atoms with van der Waals surface area (Å²) >= 11 is 0. The molecule has 1 N–H and O–H groups in total. The van der Waals surface area contributed by atoms with E-state index in [4.69, 9.17) is 9.47 Å². The summed E-state index contributed by atoms with van der Waals surface area (Å²) in [4.78, 5) is 2.49. The van der Waals surface area contributed by atoms with Crippen molar-refractivity contribution in [3.63, 3.8) is 0 Å². The molecule has 1 aromatic rings. The summed E-state index contributed by atoms with van der Waals surface area (Å²) in [7, 11) is 1.67. The molecule has 4 nitrogen and oxygen atoms in total. The fourth-order valence-corrected chi connectivity index (χ4v) is 2.42. The van der Waals surface area contributed by atoms with Gasteiger partial charge in [0.25, 0.3) is 0 Å². The SMILES string of the molecule is COc1ccccc1OCCCN1CCN[C@@H](C)C1. The number of rotatable bonds is 6. The molecule has 4 heteroatoms. The van der Waals surface area contributed by atoms with Gasteiger partial charge in [-0.15, -0.1) is 0 Å². The minimum atomic E-state index is 0.601. The van der Waals surface area contributed by atoms with Crippen LogP contribution in [0.5, 0.6) is 11.5 Å². The normalized spacial score (nSPS) is 20.2. The van der Waals surface area contributed by atoms with Crippen LogP contribution >= 0.6 is 0 Å². The zero-order valence-corrected chi connectivity index (χ0v) is 11.9. The molecule has 1 saturated heterocycles. The van der Waals surface area contributed by atoms with Gasteiger partial charge >= 0.3 is 0 Å². The number of ether oxygens (including phenoxy) is 2. The second-order valence-electron chi connectivity index (χ2n) is 5.01. The van der Waals surface area contributed by atoms with E-state index in [0.717, 1.165) is 50.7 Å². The molecule has 1 aliphatic rings. The van der Waals surface area contributed by atoms with E-state index in [2.05, 4.69) is 17.1 Å². The van der Waals surface area contributed by atoms with Crippen molar-refractivity contribution in [3.05, 3.63) is 24.3 Å². The van der Waals surface area contributed by atoms with Crippen molar-refractivity contribution < 1.29 is 9.47 Å². The van der Waals surface area contributed by atoms with Gasteiger partial charge in [-0.1, -0.05) is 12.1 Å². The van der Waals surface area contributed by atoms with Gasteiger partial charge in [-0.25, -0.2) is 0 Å². The number of hydrogen-bond donors (Lipinski definition) is 1. The average Bonchev–Trinajstić information content (AvgIpc) is 2.44. The van der Waals surface area contributed by atoms with Gasteiger partial charge in [-0.05, 0) is 25.5 Å². The lowest BCUT2D eigenvalue weighted by molar-refractivity contribution is 0.187. The summed E-state index contributed by atoms with van der Waals surface area (Å²) in [5.74, 6) is 1.64. The zero-order valence-electron chi connectivity index (χ0n) is 11.9. The first-order chi connectivity index (χ1) is 9.29. The van der Waals surface area contributed by atoms with Crippen molar-refractivity contribution in [2.75, 3.05) is 39.9 Å². The van der Waals surface area contributed by atoms with E-state index in [1.807, 2.05) is 24.3 Å². The molecule has 1 fully saturated rings. The summed E-state index contributed by atoms with van der Waals surface area (Å²) in [5, 5.41) is 3.45. The Morgan fingerprint density at radius 1 is 1.32 bits per heavy atom. The summed E-state index contributed by atoms with van der Waals surface area (Å²) in [6.07, 6.45) is 1.05. The van der Waals surface area contributed by atoms with Gasteiger partial charge in [0.05, 0.1) is 13.7 Å². The Morgan fingerprint density at radius 3 is 2.84 bits per heavy atom. The van der Waals surface area contributed by atoms with Crippen molar-refractivity contribution in [2.24, 2.45) is 0 Å². The fraction of sp³-hybridized carbons (Fsp3) is 0.600. The third-order valence-corrected chi connectivity index (χ3v) is 3.40. The molecule has 1 atom stereocenters. The second kappa shape index (κ2) is 7.36. The van der Waals surface area contributed by atoms with Gasteiger partial charge in [-0.2, -0.15) is 0 Å². The first-order valence-electron chi connectivity index (χ1n) is 7.01. The van der Waals surface area contributed by atoms with Crippen LogP contribution in [0.4, 0.5) is 0 Å². The largest absolute Gasteiger partial charge is 0.493 e. The van der Waals surface area contributed by atoms with E-state index in [9.17, 15) is 0 Å². The highest BCUT2D eigenvalue weighted by Gasteiger charge is 2.14. The van der Waals surface area contributed by atoms with Crippen molar-refractivity contribution in [1.82, 2.24) is 10.2 Å². The molecule has 0 amide bonds. The van der Waals surface area contributed by atoms with E-state index in [0.29, 0.717) is 6.04 Å². The van der Waals surface area contributed by atoms with Crippen molar-refractivity contribution in [2.45, 2.75) is 19.4 Å². The molecule has 0 spiro atoms. The molecular weight excluding hydrogens is 240 g/mol. The minimum absolute atomic E-state index is 0.601. The number of benzene rings is 1. The summed E-state index contributed by atoms with van der Waals surface area (Å²) in [5.41, 5.74) is 0. The maximum atomic E-state index is 5.78. The first-order valence-corrected chi connectivity index (χ1v) is 7.01. The summed E-state index contributed by atoms with van der Waals surface area (Å²) in [6.45, 7) is 7.43. The van der Waals surface area contributed by atoms with E-state index < -0.39 is 0 Å². The van der Waals surface area contributed by atoms with Crippen LogP contribution in [-0.2, 0) is 0 Å². The Bertz CT molecular complexity index is 384. The lowest BCUT2D eigenvalue weighted by Gasteiger charge is -2.31. The van der Waals surface area contributed by atoms with Crippen molar-refractivity contribution >= 4 is 0 Å². The van der Waals surface area contributed by atoms with Crippen LogP contribution < -0.4 is 14.8 Å². The standard InChI is InChI=1S/C15H24N2O2/c1-13-12-17(10-8-16-13)9-5-11-19-15-7-4-3-6-14(15)18-2/h3-4,6-7,13,16H,5,8-12H2,1-2H3/t13-/m0/s1. The number of nitrogens with zero attached hydrogens (tertiary/aromatic N) is 1. The average molecular weight is 264 g/mol. The van der Waals surface area contributed by atoms with Gasteiger partial charge in [0.1, 0.15) is 0 Å². The lowest BCUT2D eigenvalue weighted by Crippen LogP contribution is -2.49. The molecule has 0 unspecified atom stereocenters. The van der Waals surface area contributed by atoms with Crippen LogP contribution in [0.3, 0.4) is 0 Å². The van der Waals surface area contributed by atoms with Gasteiger partial charge < -0.3 is 19.7 Å². The quantitative estimate of drug-likeness (QED) is 0.794. The molecule has 0 aliphatic carbocycles. The molecule has 1 heterocycles. The Hall–Kier alpha value is -1.26. The van der Waals surface area contributed by atoms with Crippen LogP contribution in [0.2, 0.25) is 0 Å². The smallest absolute Gasteiger partial charge is 0.161 e. The summed E-state index contributed by atoms with van der Waals surface area (Å²) in [6, 6.07) is 8.40. The van der Waals surface area contributed by atoms with E-state index in [-0.39, 0.29) is 0 Å². The van der Waals surface area contributed by atoms with E-state index in [1.165, 1.54) is 0 Å². The Kier molecular flexibility index (Phi) is 5.48. The van der Waals surface area contributed by atoms with Crippen LogP contribution in [0.1, 0.15) is 13.3 Å². The summed E-state index contributed by atoms with van der Waals surface area (Å²) < 4.78 is 11.0. The predicted molar refractivity (Wildman–Crippen MR) is 77.0 cm³/mol. The third-order valence-electron chi connectivity index (χ3n) is 3.40. The fourth-order valence-electron chi connectivity index (χ4n) is 2.42. The topological polar surface area (TPSA) is 33.7 Å². The van der Waals surface area contributed by atoms with Gasteiger partial charge in [-0.3, -0.25) is 0 Å². The number of hydrogen-bond acceptors (Lipinski definition) is 4. The second-order valence-corrected chi connectivity index (χ2v) is 5.01. The highest BCUT2D eigenvalue weighted by Crippen LogP contribution is 2.25. The first kappa shape index (κ1) is 14.2. The van der Waals surface area contributed by atoms with Gasteiger partial charge in [0.2, 0.25) is 0 Å². The highest BCUT2D eigenvalue weighted by molar-refractivity contribution is 5.39. The molecule has 106 valence electrons. The Labute approximate surface area is 115 Å². The third kappa shape index (κ3) is 4.40.